The number of anilines is 1. The van der Waals surface area contributed by atoms with Gasteiger partial charge in [0.2, 0.25) is 5.91 Å². The van der Waals surface area contributed by atoms with Gasteiger partial charge in [-0.05, 0) is 31.4 Å². The lowest BCUT2D eigenvalue weighted by atomic mass is 10.2. The molecule has 92 valence electrons. The number of hydrogen-bond acceptors (Lipinski definition) is 3. The van der Waals surface area contributed by atoms with Gasteiger partial charge in [-0.15, -0.1) is 0 Å². The molecule has 1 aliphatic carbocycles. The van der Waals surface area contributed by atoms with Crippen LogP contribution >= 0.6 is 0 Å². The van der Waals surface area contributed by atoms with Crippen LogP contribution in [0.5, 0.6) is 0 Å². The molecular weight excluding hydrogens is 226 g/mol. The molecule has 1 amide bonds. The van der Waals surface area contributed by atoms with Gasteiger partial charge in [0.1, 0.15) is 6.07 Å². The molecular formula is C14H15N3O. The molecule has 1 saturated carbocycles. The number of nitrogens with one attached hydrogen (secondary N) is 1. The topological polar surface area (TPSA) is 56.1 Å². The molecule has 0 radical (unpaired) electrons. The summed E-state index contributed by atoms with van der Waals surface area (Å²) in [5, 5.41) is 12.4. The Hall–Kier alpha value is -1.86. The highest BCUT2D eigenvalue weighted by Crippen LogP contribution is 2.27. The first-order chi connectivity index (χ1) is 8.79. The van der Waals surface area contributed by atoms with Crippen molar-refractivity contribution in [2.75, 3.05) is 11.4 Å². The largest absolute Gasteiger partial charge is 0.310 e. The average molecular weight is 241 g/mol. The van der Waals surface area contributed by atoms with E-state index in [9.17, 15) is 4.79 Å². The van der Waals surface area contributed by atoms with Gasteiger partial charge in [-0.2, -0.15) is 5.26 Å². The van der Waals surface area contributed by atoms with Crippen LogP contribution in [-0.4, -0.2) is 24.5 Å². The van der Waals surface area contributed by atoms with Crippen molar-refractivity contribution in [2.24, 2.45) is 0 Å². The SMILES string of the molecule is N#Cc1ccccc1N1CCC(NC2CC2)C1=O. The van der Waals surface area contributed by atoms with Crippen molar-refractivity contribution >= 4 is 11.6 Å². The molecule has 1 saturated heterocycles. The molecule has 18 heavy (non-hydrogen) atoms. The van der Waals surface area contributed by atoms with Crippen molar-refractivity contribution in [3.8, 4) is 6.07 Å². The molecule has 1 unspecified atom stereocenters. The van der Waals surface area contributed by atoms with Gasteiger partial charge in [-0.1, -0.05) is 12.1 Å². The van der Waals surface area contributed by atoms with Crippen LogP contribution in [0.2, 0.25) is 0 Å². The standard InChI is InChI=1S/C14H15N3O/c15-9-10-3-1-2-4-13(10)17-8-7-12(14(17)18)16-11-5-6-11/h1-4,11-12,16H,5-8H2. The van der Waals surface area contributed by atoms with E-state index in [0.717, 1.165) is 12.1 Å². The molecule has 1 atom stereocenters. The van der Waals surface area contributed by atoms with E-state index in [1.54, 1.807) is 11.0 Å². The molecule has 4 heteroatoms. The molecule has 1 N–H and O–H groups in total. The summed E-state index contributed by atoms with van der Waals surface area (Å²) in [6, 6.07) is 9.90. The third-order valence-electron chi connectivity index (χ3n) is 3.54. The predicted molar refractivity (Wildman–Crippen MR) is 68.1 cm³/mol. The van der Waals surface area contributed by atoms with Gasteiger partial charge in [0, 0.05) is 12.6 Å². The van der Waals surface area contributed by atoms with Crippen LogP contribution in [0.3, 0.4) is 0 Å². The van der Waals surface area contributed by atoms with Crippen molar-refractivity contribution in [2.45, 2.75) is 31.3 Å². The van der Waals surface area contributed by atoms with E-state index < -0.39 is 0 Å². The normalized spacial score (nSPS) is 23.2. The molecule has 2 aliphatic rings. The fourth-order valence-electron chi connectivity index (χ4n) is 2.41. The Morgan fingerprint density at radius 1 is 1.28 bits per heavy atom. The second-order valence-corrected chi connectivity index (χ2v) is 4.90. The lowest BCUT2D eigenvalue weighted by molar-refractivity contribution is -0.118. The summed E-state index contributed by atoms with van der Waals surface area (Å²) in [6.07, 6.45) is 3.19. The lowest BCUT2D eigenvalue weighted by Crippen LogP contribution is -2.39. The van der Waals surface area contributed by atoms with Crippen molar-refractivity contribution in [3.63, 3.8) is 0 Å². The van der Waals surface area contributed by atoms with E-state index >= 15 is 0 Å². The first-order valence-corrected chi connectivity index (χ1v) is 6.36. The number of nitriles is 1. The molecule has 0 spiro atoms. The van der Waals surface area contributed by atoms with Crippen molar-refractivity contribution in [3.05, 3.63) is 29.8 Å². The van der Waals surface area contributed by atoms with Crippen molar-refractivity contribution in [1.82, 2.24) is 5.32 Å². The molecule has 3 rings (SSSR count). The zero-order chi connectivity index (χ0) is 12.5. The maximum Gasteiger partial charge on any atom is 0.244 e. The smallest absolute Gasteiger partial charge is 0.244 e. The fraction of sp³-hybridized carbons (Fsp3) is 0.429. The number of para-hydroxylation sites is 1. The van der Waals surface area contributed by atoms with Crippen LogP contribution in [0.4, 0.5) is 5.69 Å². The quantitative estimate of drug-likeness (QED) is 0.870. The van der Waals surface area contributed by atoms with E-state index in [2.05, 4.69) is 11.4 Å². The minimum absolute atomic E-state index is 0.0655. The van der Waals surface area contributed by atoms with Crippen LogP contribution in [0.25, 0.3) is 0 Å². The predicted octanol–water partition coefficient (Wildman–Crippen LogP) is 1.42. The van der Waals surface area contributed by atoms with Gasteiger partial charge in [0.05, 0.1) is 17.3 Å². The molecule has 2 fully saturated rings. The molecule has 1 aromatic rings. The summed E-state index contributed by atoms with van der Waals surface area (Å²) in [7, 11) is 0. The van der Waals surface area contributed by atoms with Crippen LogP contribution in [0.1, 0.15) is 24.8 Å². The highest BCUT2D eigenvalue weighted by atomic mass is 16.2. The summed E-state index contributed by atoms with van der Waals surface area (Å²) in [4.78, 5) is 14.0. The van der Waals surface area contributed by atoms with Gasteiger partial charge in [0.15, 0.2) is 0 Å². The van der Waals surface area contributed by atoms with Gasteiger partial charge >= 0.3 is 0 Å². The fourth-order valence-corrected chi connectivity index (χ4v) is 2.41. The van der Waals surface area contributed by atoms with Crippen LogP contribution in [0.15, 0.2) is 24.3 Å². The monoisotopic (exact) mass is 241 g/mol. The van der Waals surface area contributed by atoms with Gasteiger partial charge < -0.3 is 10.2 Å². The third kappa shape index (κ3) is 1.98. The van der Waals surface area contributed by atoms with Crippen molar-refractivity contribution in [1.29, 1.82) is 5.26 Å². The second-order valence-electron chi connectivity index (χ2n) is 4.90. The van der Waals surface area contributed by atoms with E-state index in [0.29, 0.717) is 18.2 Å². The molecule has 4 nitrogen and oxygen atoms in total. The Morgan fingerprint density at radius 3 is 2.78 bits per heavy atom. The van der Waals surface area contributed by atoms with Crippen LogP contribution in [-0.2, 0) is 4.79 Å². The first kappa shape index (κ1) is 11.2. The Balaban J connectivity index is 1.80. The number of carbonyl (C=O) groups excluding carboxylic acids is 1. The second kappa shape index (κ2) is 4.43. The minimum Gasteiger partial charge on any atom is -0.310 e. The van der Waals surface area contributed by atoms with Gasteiger partial charge in [-0.25, -0.2) is 0 Å². The number of hydrogen-bond donors (Lipinski definition) is 1. The zero-order valence-electron chi connectivity index (χ0n) is 10.1. The van der Waals surface area contributed by atoms with E-state index in [1.807, 2.05) is 18.2 Å². The summed E-state index contributed by atoms with van der Waals surface area (Å²) < 4.78 is 0. The molecule has 0 bridgehead atoms. The van der Waals surface area contributed by atoms with E-state index in [1.165, 1.54) is 12.8 Å². The molecule has 1 aliphatic heterocycles. The zero-order valence-corrected chi connectivity index (χ0v) is 10.1. The Labute approximate surface area is 106 Å². The minimum atomic E-state index is -0.0655. The average Bonchev–Trinajstić information content (AvgIpc) is 3.15. The number of nitrogens with zero attached hydrogens (tertiary/aromatic N) is 2. The maximum absolute atomic E-state index is 12.3. The molecule has 1 aromatic carbocycles. The number of benzene rings is 1. The highest BCUT2D eigenvalue weighted by Gasteiger charge is 2.36. The molecule has 0 aromatic heterocycles. The summed E-state index contributed by atoms with van der Waals surface area (Å²) in [5.41, 5.74) is 1.31. The third-order valence-corrected chi connectivity index (χ3v) is 3.54. The van der Waals surface area contributed by atoms with Crippen molar-refractivity contribution < 1.29 is 4.79 Å². The van der Waals surface area contributed by atoms with Gasteiger partial charge in [-0.3, -0.25) is 4.79 Å². The van der Waals surface area contributed by atoms with Gasteiger partial charge in [0.25, 0.3) is 0 Å². The number of amides is 1. The summed E-state index contributed by atoms with van der Waals surface area (Å²) in [6.45, 7) is 0.696. The molecule has 1 heterocycles. The Bertz CT molecular complexity index is 516. The Morgan fingerprint density at radius 2 is 2.06 bits per heavy atom. The van der Waals surface area contributed by atoms with E-state index in [-0.39, 0.29) is 11.9 Å². The van der Waals surface area contributed by atoms with Crippen LogP contribution in [0, 0.1) is 11.3 Å². The number of rotatable bonds is 3. The maximum atomic E-state index is 12.3. The number of carbonyl (C=O) groups is 1. The van der Waals surface area contributed by atoms with E-state index in [4.69, 9.17) is 5.26 Å². The summed E-state index contributed by atoms with van der Waals surface area (Å²) in [5.74, 6) is 0.101. The highest BCUT2D eigenvalue weighted by molar-refractivity contribution is 6.00. The van der Waals surface area contributed by atoms with Crippen LogP contribution < -0.4 is 10.2 Å². The summed E-state index contributed by atoms with van der Waals surface area (Å²) >= 11 is 0. The lowest BCUT2D eigenvalue weighted by Gasteiger charge is -2.18. The first-order valence-electron chi connectivity index (χ1n) is 6.36. The Kier molecular flexibility index (Phi) is 2.77.